The average molecular weight is 460 g/mol. The van der Waals surface area contributed by atoms with E-state index in [0.717, 1.165) is 41.5 Å². The van der Waals surface area contributed by atoms with Crippen LogP contribution in [0, 0.1) is 0 Å². The summed E-state index contributed by atoms with van der Waals surface area (Å²) in [5.74, 6) is -0.364. The second kappa shape index (κ2) is 11.3. The molecule has 178 valence electrons. The highest BCUT2D eigenvalue weighted by atomic mass is 16.5. The van der Waals surface area contributed by atoms with E-state index in [-0.39, 0.29) is 37.0 Å². The Kier molecular flexibility index (Phi) is 7.93. The molecule has 4 rings (SSSR count). The Hall–Kier alpha value is -3.22. The third kappa shape index (κ3) is 6.43. The van der Waals surface area contributed by atoms with Crippen LogP contribution in [0.4, 0.5) is 0 Å². The van der Waals surface area contributed by atoms with Crippen LogP contribution in [0.15, 0.2) is 66.7 Å². The van der Waals surface area contributed by atoms with Crippen LogP contribution in [0.1, 0.15) is 30.5 Å². The number of morpholine rings is 1. The first-order valence-corrected chi connectivity index (χ1v) is 11.9. The van der Waals surface area contributed by atoms with E-state index in [4.69, 9.17) is 4.74 Å². The molecule has 6 heteroatoms. The van der Waals surface area contributed by atoms with Crippen molar-refractivity contribution in [2.24, 2.45) is 0 Å². The van der Waals surface area contributed by atoms with Crippen molar-refractivity contribution in [3.05, 3.63) is 83.4 Å². The van der Waals surface area contributed by atoms with Gasteiger partial charge in [0.25, 0.3) is 0 Å². The van der Waals surface area contributed by atoms with Crippen molar-refractivity contribution in [1.82, 2.24) is 15.5 Å². The number of fused-ring (bicyclic) bond motifs is 1. The van der Waals surface area contributed by atoms with Gasteiger partial charge in [-0.2, -0.15) is 0 Å². The summed E-state index contributed by atoms with van der Waals surface area (Å²) in [4.78, 5) is 27.3. The average Bonchev–Trinajstić information content (AvgIpc) is 2.82. The fourth-order valence-electron chi connectivity index (χ4n) is 4.66. The molecule has 1 fully saturated rings. The van der Waals surface area contributed by atoms with Crippen LogP contribution in [0.2, 0.25) is 0 Å². The molecule has 2 atom stereocenters. The van der Waals surface area contributed by atoms with Crippen LogP contribution in [0.25, 0.3) is 10.8 Å². The molecule has 1 saturated heterocycles. The van der Waals surface area contributed by atoms with E-state index >= 15 is 0 Å². The van der Waals surface area contributed by atoms with Crippen molar-refractivity contribution < 1.29 is 14.3 Å². The minimum absolute atomic E-state index is 0.0374. The molecule has 0 saturated carbocycles. The number of ether oxygens (including phenoxy) is 1. The van der Waals surface area contributed by atoms with E-state index in [9.17, 15) is 9.59 Å². The second-order valence-electron chi connectivity index (χ2n) is 9.09. The molecule has 1 heterocycles. The Labute approximate surface area is 201 Å². The molecule has 0 aromatic heterocycles. The number of carbonyl (C=O) groups excluding carboxylic acids is 2. The molecule has 0 radical (unpaired) electrons. The van der Waals surface area contributed by atoms with Gasteiger partial charge >= 0.3 is 0 Å². The second-order valence-corrected chi connectivity index (χ2v) is 9.09. The molecule has 0 bridgehead atoms. The van der Waals surface area contributed by atoms with Gasteiger partial charge in [-0.3, -0.25) is 14.5 Å². The molecule has 0 spiro atoms. The van der Waals surface area contributed by atoms with Crippen molar-refractivity contribution in [3.63, 3.8) is 0 Å². The molecule has 1 aliphatic rings. The molecule has 2 N–H and O–H groups in total. The van der Waals surface area contributed by atoms with Gasteiger partial charge in [0.05, 0.1) is 25.2 Å². The Bertz CT molecular complexity index is 1130. The predicted octanol–water partition coefficient (Wildman–Crippen LogP) is 3.42. The fourth-order valence-corrected chi connectivity index (χ4v) is 4.66. The SMILES string of the molecule is CC1CN(Cc2ccccc2CNC(=O)CNC(=O)Cc2cccc3ccccc23)CC(C)O1. The normalized spacial score (nSPS) is 18.5. The van der Waals surface area contributed by atoms with E-state index in [1.165, 1.54) is 5.56 Å². The summed E-state index contributed by atoms with van der Waals surface area (Å²) < 4.78 is 5.83. The van der Waals surface area contributed by atoms with Gasteiger partial charge in [-0.1, -0.05) is 66.7 Å². The zero-order chi connectivity index (χ0) is 23.9. The number of hydrogen-bond donors (Lipinski definition) is 2. The van der Waals surface area contributed by atoms with Gasteiger partial charge < -0.3 is 15.4 Å². The highest BCUT2D eigenvalue weighted by Gasteiger charge is 2.22. The number of rotatable bonds is 8. The number of hydrogen-bond acceptors (Lipinski definition) is 4. The highest BCUT2D eigenvalue weighted by molar-refractivity contribution is 5.91. The van der Waals surface area contributed by atoms with Crippen LogP contribution in [-0.2, 0) is 33.8 Å². The predicted molar refractivity (Wildman–Crippen MR) is 134 cm³/mol. The zero-order valence-electron chi connectivity index (χ0n) is 19.9. The summed E-state index contributed by atoms with van der Waals surface area (Å²) in [7, 11) is 0. The van der Waals surface area contributed by atoms with Gasteiger partial charge in [-0.25, -0.2) is 0 Å². The molecule has 34 heavy (non-hydrogen) atoms. The van der Waals surface area contributed by atoms with Gasteiger partial charge in [0.1, 0.15) is 0 Å². The lowest BCUT2D eigenvalue weighted by Crippen LogP contribution is -2.45. The quantitative estimate of drug-likeness (QED) is 0.542. The lowest BCUT2D eigenvalue weighted by Gasteiger charge is -2.35. The van der Waals surface area contributed by atoms with E-state index in [1.54, 1.807) is 0 Å². The maximum Gasteiger partial charge on any atom is 0.239 e. The molecule has 2 unspecified atom stereocenters. The minimum Gasteiger partial charge on any atom is -0.373 e. The maximum atomic E-state index is 12.5. The van der Waals surface area contributed by atoms with E-state index in [0.29, 0.717) is 6.54 Å². The zero-order valence-corrected chi connectivity index (χ0v) is 19.9. The van der Waals surface area contributed by atoms with Crippen LogP contribution in [0.3, 0.4) is 0 Å². The molecule has 3 aromatic rings. The van der Waals surface area contributed by atoms with Crippen molar-refractivity contribution in [2.45, 2.75) is 45.6 Å². The van der Waals surface area contributed by atoms with Crippen LogP contribution >= 0.6 is 0 Å². The Morgan fingerprint density at radius 2 is 1.47 bits per heavy atom. The number of nitrogens with one attached hydrogen (secondary N) is 2. The first-order chi connectivity index (χ1) is 16.5. The van der Waals surface area contributed by atoms with Gasteiger partial charge in [0.2, 0.25) is 11.8 Å². The summed E-state index contributed by atoms with van der Waals surface area (Å²) >= 11 is 0. The van der Waals surface area contributed by atoms with E-state index < -0.39 is 0 Å². The molecular weight excluding hydrogens is 426 g/mol. The molecular formula is C28H33N3O3. The first kappa shape index (κ1) is 23.9. The monoisotopic (exact) mass is 459 g/mol. The van der Waals surface area contributed by atoms with Crippen LogP contribution in [0.5, 0.6) is 0 Å². The lowest BCUT2D eigenvalue weighted by atomic mass is 10.0. The van der Waals surface area contributed by atoms with Crippen LogP contribution in [-0.4, -0.2) is 48.6 Å². The Morgan fingerprint density at radius 1 is 0.824 bits per heavy atom. The van der Waals surface area contributed by atoms with Crippen molar-refractivity contribution in [2.75, 3.05) is 19.6 Å². The minimum atomic E-state index is -0.199. The number of benzene rings is 3. The third-order valence-corrected chi connectivity index (χ3v) is 6.16. The van der Waals surface area contributed by atoms with Crippen molar-refractivity contribution >= 4 is 22.6 Å². The topological polar surface area (TPSA) is 70.7 Å². The highest BCUT2D eigenvalue weighted by Crippen LogP contribution is 2.19. The Morgan fingerprint density at radius 3 is 2.26 bits per heavy atom. The molecule has 3 aromatic carbocycles. The van der Waals surface area contributed by atoms with E-state index in [1.807, 2.05) is 60.7 Å². The van der Waals surface area contributed by atoms with Gasteiger partial charge in [0, 0.05) is 26.2 Å². The standard InChI is InChI=1S/C28H33N3O3/c1-20-17-31(18-21(2)34-20)19-25-10-4-3-9-24(25)15-29-28(33)16-30-27(32)14-23-12-7-11-22-8-5-6-13-26(22)23/h3-13,20-21H,14-19H2,1-2H3,(H,29,33)(H,30,32). The largest absolute Gasteiger partial charge is 0.373 e. The molecule has 1 aliphatic heterocycles. The van der Waals surface area contributed by atoms with Crippen molar-refractivity contribution in [1.29, 1.82) is 0 Å². The third-order valence-electron chi connectivity index (χ3n) is 6.16. The summed E-state index contributed by atoms with van der Waals surface area (Å²) in [5, 5.41) is 7.86. The summed E-state index contributed by atoms with van der Waals surface area (Å²) in [5.41, 5.74) is 3.24. The number of carbonyl (C=O) groups is 2. The van der Waals surface area contributed by atoms with Gasteiger partial charge in [-0.15, -0.1) is 0 Å². The smallest absolute Gasteiger partial charge is 0.239 e. The summed E-state index contributed by atoms with van der Waals surface area (Å²) in [6, 6.07) is 22.1. The molecule has 0 aliphatic carbocycles. The van der Waals surface area contributed by atoms with Gasteiger partial charge in [-0.05, 0) is 41.3 Å². The molecule has 2 amide bonds. The Balaban J connectivity index is 1.27. The maximum absolute atomic E-state index is 12.5. The number of nitrogens with zero attached hydrogens (tertiary/aromatic N) is 1. The van der Waals surface area contributed by atoms with Crippen molar-refractivity contribution in [3.8, 4) is 0 Å². The fraction of sp³-hybridized carbons (Fsp3) is 0.357. The molecule has 6 nitrogen and oxygen atoms in total. The first-order valence-electron chi connectivity index (χ1n) is 11.9. The van der Waals surface area contributed by atoms with Gasteiger partial charge in [0.15, 0.2) is 0 Å². The number of amides is 2. The van der Waals surface area contributed by atoms with E-state index in [2.05, 4.69) is 35.4 Å². The van der Waals surface area contributed by atoms with Crippen LogP contribution < -0.4 is 10.6 Å². The lowest BCUT2D eigenvalue weighted by molar-refractivity contribution is -0.125. The summed E-state index contributed by atoms with van der Waals surface area (Å²) in [6.45, 7) is 7.22. The summed E-state index contributed by atoms with van der Waals surface area (Å²) in [6.07, 6.45) is 0.676.